The fourth-order valence-corrected chi connectivity index (χ4v) is 2.93. The number of nitrogens with one attached hydrogen (secondary N) is 1. The Labute approximate surface area is 128 Å². The van der Waals surface area contributed by atoms with Gasteiger partial charge in [-0.3, -0.25) is 0 Å². The van der Waals surface area contributed by atoms with Crippen molar-refractivity contribution in [3.63, 3.8) is 0 Å². The van der Waals surface area contributed by atoms with Crippen LogP contribution in [0.25, 0.3) is 0 Å². The molecule has 0 aromatic heterocycles. The minimum atomic E-state index is 0.149. The zero-order valence-electron chi connectivity index (χ0n) is 13.6. The number of methoxy groups -OCH3 is 1. The standard InChI is InChI=1S/C17H29NOS/c1-6-7-10-20-13-15-11-14(8-9-16(15)19-5)12-18-17(2,3)4/h8-9,11,18H,6-7,10,12-13H2,1-5H3. The maximum atomic E-state index is 5.47. The predicted molar refractivity (Wildman–Crippen MR) is 90.7 cm³/mol. The summed E-state index contributed by atoms with van der Waals surface area (Å²) >= 11 is 1.99. The van der Waals surface area contributed by atoms with E-state index in [1.165, 1.54) is 29.7 Å². The van der Waals surface area contributed by atoms with E-state index in [0.717, 1.165) is 18.0 Å². The van der Waals surface area contributed by atoms with Crippen molar-refractivity contribution >= 4 is 11.8 Å². The average molecular weight is 295 g/mol. The van der Waals surface area contributed by atoms with Crippen molar-refractivity contribution in [2.75, 3.05) is 12.9 Å². The third kappa shape index (κ3) is 6.67. The lowest BCUT2D eigenvalue weighted by atomic mass is 10.1. The van der Waals surface area contributed by atoms with Crippen LogP contribution in [-0.2, 0) is 12.3 Å². The molecule has 1 aromatic carbocycles. The molecule has 20 heavy (non-hydrogen) atoms. The van der Waals surface area contributed by atoms with E-state index in [0.29, 0.717) is 0 Å². The lowest BCUT2D eigenvalue weighted by molar-refractivity contribution is 0.409. The molecule has 0 heterocycles. The molecule has 0 amide bonds. The molecule has 0 bridgehead atoms. The van der Waals surface area contributed by atoms with Crippen LogP contribution in [0.3, 0.4) is 0 Å². The van der Waals surface area contributed by atoms with Gasteiger partial charge >= 0.3 is 0 Å². The van der Waals surface area contributed by atoms with Gasteiger partial charge in [0.15, 0.2) is 0 Å². The molecule has 114 valence electrons. The van der Waals surface area contributed by atoms with Crippen molar-refractivity contribution in [2.24, 2.45) is 0 Å². The SMILES string of the molecule is CCCCSCc1cc(CNC(C)(C)C)ccc1OC. The molecular weight excluding hydrogens is 266 g/mol. The highest BCUT2D eigenvalue weighted by Crippen LogP contribution is 2.25. The van der Waals surface area contributed by atoms with Crippen LogP contribution in [0.15, 0.2) is 18.2 Å². The number of ether oxygens (including phenoxy) is 1. The van der Waals surface area contributed by atoms with Crippen molar-refractivity contribution < 1.29 is 4.74 Å². The first-order valence-electron chi connectivity index (χ1n) is 7.45. The van der Waals surface area contributed by atoms with Gasteiger partial charge in [-0.25, -0.2) is 0 Å². The van der Waals surface area contributed by atoms with E-state index in [9.17, 15) is 0 Å². The van der Waals surface area contributed by atoms with Gasteiger partial charge in [0.2, 0.25) is 0 Å². The van der Waals surface area contributed by atoms with E-state index in [2.05, 4.69) is 51.2 Å². The van der Waals surface area contributed by atoms with Gasteiger partial charge in [-0.1, -0.05) is 19.4 Å². The summed E-state index contributed by atoms with van der Waals surface area (Å²) in [6.45, 7) is 9.72. The van der Waals surface area contributed by atoms with Crippen molar-refractivity contribution in [3.05, 3.63) is 29.3 Å². The van der Waals surface area contributed by atoms with Crippen LogP contribution in [0.4, 0.5) is 0 Å². The normalized spacial score (nSPS) is 11.7. The molecule has 0 unspecified atom stereocenters. The van der Waals surface area contributed by atoms with E-state index < -0.39 is 0 Å². The largest absolute Gasteiger partial charge is 0.496 e. The fourth-order valence-electron chi connectivity index (χ4n) is 1.85. The van der Waals surface area contributed by atoms with Crippen molar-refractivity contribution in [3.8, 4) is 5.75 Å². The molecule has 1 aromatic rings. The summed E-state index contributed by atoms with van der Waals surface area (Å²) in [6, 6.07) is 6.52. The highest BCUT2D eigenvalue weighted by molar-refractivity contribution is 7.98. The lowest BCUT2D eigenvalue weighted by Crippen LogP contribution is -2.35. The van der Waals surface area contributed by atoms with Crippen LogP contribution in [-0.4, -0.2) is 18.4 Å². The number of rotatable bonds is 8. The second-order valence-electron chi connectivity index (χ2n) is 6.16. The van der Waals surface area contributed by atoms with E-state index in [-0.39, 0.29) is 5.54 Å². The lowest BCUT2D eigenvalue weighted by Gasteiger charge is -2.21. The summed E-state index contributed by atoms with van der Waals surface area (Å²) in [6.07, 6.45) is 2.55. The molecule has 0 aliphatic rings. The fraction of sp³-hybridized carbons (Fsp3) is 0.647. The molecule has 0 saturated carbocycles. The highest BCUT2D eigenvalue weighted by atomic mass is 32.2. The van der Waals surface area contributed by atoms with Crippen LogP contribution >= 0.6 is 11.8 Å². The Morgan fingerprint density at radius 2 is 2.00 bits per heavy atom. The molecule has 0 aliphatic heterocycles. The van der Waals surface area contributed by atoms with Crippen LogP contribution < -0.4 is 10.1 Å². The summed E-state index contributed by atoms with van der Waals surface area (Å²) in [7, 11) is 1.75. The molecule has 0 atom stereocenters. The van der Waals surface area contributed by atoms with Crippen LogP contribution in [0.1, 0.15) is 51.7 Å². The first kappa shape index (κ1) is 17.4. The summed E-state index contributed by atoms with van der Waals surface area (Å²) in [5, 5.41) is 3.53. The van der Waals surface area contributed by atoms with Crippen LogP contribution in [0.5, 0.6) is 5.75 Å². The second kappa shape index (κ2) is 8.58. The molecule has 1 N–H and O–H groups in total. The third-order valence-electron chi connectivity index (χ3n) is 3.07. The summed E-state index contributed by atoms with van der Waals surface area (Å²) < 4.78 is 5.47. The zero-order chi connectivity index (χ0) is 15.0. The number of hydrogen-bond acceptors (Lipinski definition) is 3. The minimum Gasteiger partial charge on any atom is -0.496 e. The molecule has 0 radical (unpaired) electrons. The molecule has 0 saturated heterocycles. The van der Waals surface area contributed by atoms with Gasteiger partial charge in [0.25, 0.3) is 0 Å². The first-order valence-corrected chi connectivity index (χ1v) is 8.60. The monoisotopic (exact) mass is 295 g/mol. The quantitative estimate of drug-likeness (QED) is 0.707. The average Bonchev–Trinajstić information content (AvgIpc) is 2.40. The molecule has 1 rings (SSSR count). The van der Waals surface area contributed by atoms with Crippen LogP contribution in [0.2, 0.25) is 0 Å². The molecular formula is C17H29NOS. The van der Waals surface area contributed by atoms with E-state index >= 15 is 0 Å². The molecule has 0 fully saturated rings. The van der Waals surface area contributed by atoms with Gasteiger partial charge in [-0.05, 0) is 50.6 Å². The number of thioether (sulfide) groups is 1. The van der Waals surface area contributed by atoms with Gasteiger partial charge in [-0.15, -0.1) is 0 Å². The highest BCUT2D eigenvalue weighted by Gasteiger charge is 2.10. The van der Waals surface area contributed by atoms with E-state index in [4.69, 9.17) is 4.74 Å². The smallest absolute Gasteiger partial charge is 0.122 e. The Kier molecular flexibility index (Phi) is 7.46. The Morgan fingerprint density at radius 1 is 1.25 bits per heavy atom. The van der Waals surface area contributed by atoms with Gasteiger partial charge < -0.3 is 10.1 Å². The number of unbranched alkanes of at least 4 members (excludes halogenated alkanes) is 1. The molecule has 3 heteroatoms. The summed E-state index contributed by atoms with van der Waals surface area (Å²) in [5.41, 5.74) is 2.78. The topological polar surface area (TPSA) is 21.3 Å². The van der Waals surface area contributed by atoms with E-state index in [1.54, 1.807) is 7.11 Å². The number of hydrogen-bond donors (Lipinski definition) is 1. The minimum absolute atomic E-state index is 0.149. The Bertz CT molecular complexity index is 398. The van der Waals surface area contributed by atoms with Crippen molar-refractivity contribution in [1.82, 2.24) is 5.32 Å². The third-order valence-corrected chi connectivity index (χ3v) is 4.16. The van der Waals surface area contributed by atoms with E-state index in [1.807, 2.05) is 11.8 Å². The Hall–Kier alpha value is -0.670. The molecule has 2 nitrogen and oxygen atoms in total. The van der Waals surface area contributed by atoms with Crippen molar-refractivity contribution in [2.45, 2.75) is 58.4 Å². The van der Waals surface area contributed by atoms with Gasteiger partial charge in [-0.2, -0.15) is 11.8 Å². The van der Waals surface area contributed by atoms with Gasteiger partial charge in [0.05, 0.1) is 7.11 Å². The maximum Gasteiger partial charge on any atom is 0.122 e. The van der Waals surface area contributed by atoms with Crippen molar-refractivity contribution in [1.29, 1.82) is 0 Å². The first-order chi connectivity index (χ1) is 9.46. The second-order valence-corrected chi connectivity index (χ2v) is 7.26. The van der Waals surface area contributed by atoms with Gasteiger partial charge in [0.1, 0.15) is 5.75 Å². The maximum absolute atomic E-state index is 5.47. The summed E-state index contributed by atoms with van der Waals surface area (Å²) in [5.74, 6) is 3.27. The number of benzene rings is 1. The Morgan fingerprint density at radius 3 is 2.60 bits per heavy atom. The predicted octanol–water partition coefficient (Wildman–Crippen LogP) is 4.62. The Balaban J connectivity index is 2.65. The molecule has 0 spiro atoms. The van der Waals surface area contributed by atoms with Crippen LogP contribution in [0, 0.1) is 0 Å². The molecule has 0 aliphatic carbocycles. The summed E-state index contributed by atoms with van der Waals surface area (Å²) in [4.78, 5) is 0. The van der Waals surface area contributed by atoms with Gasteiger partial charge in [0, 0.05) is 23.4 Å². The zero-order valence-corrected chi connectivity index (χ0v) is 14.4.